The van der Waals surface area contributed by atoms with Gasteiger partial charge >= 0.3 is 0 Å². The van der Waals surface area contributed by atoms with Crippen molar-refractivity contribution < 1.29 is 9.53 Å². The fourth-order valence-corrected chi connectivity index (χ4v) is 4.45. The van der Waals surface area contributed by atoms with Gasteiger partial charge in [0.1, 0.15) is 6.10 Å². The van der Waals surface area contributed by atoms with Crippen molar-refractivity contribution in [3.8, 4) is 5.88 Å². The number of pyridine rings is 1. The van der Waals surface area contributed by atoms with Gasteiger partial charge in [-0.05, 0) is 54.9 Å². The summed E-state index contributed by atoms with van der Waals surface area (Å²) in [6, 6.07) is 12.0. The Labute approximate surface area is 213 Å². The van der Waals surface area contributed by atoms with Crippen LogP contribution in [0.1, 0.15) is 56.1 Å². The van der Waals surface area contributed by atoms with E-state index in [1.54, 1.807) is 13.2 Å². The van der Waals surface area contributed by atoms with Crippen molar-refractivity contribution in [1.29, 1.82) is 0 Å². The Morgan fingerprint density at radius 1 is 1.18 bits per heavy atom. The molecule has 1 saturated carbocycles. The Morgan fingerprint density at radius 3 is 2.76 bits per heavy atom. The van der Waals surface area contributed by atoms with E-state index >= 15 is 0 Å². The lowest BCUT2D eigenvalue weighted by Crippen LogP contribution is -2.40. The van der Waals surface area contributed by atoms with Crippen LogP contribution in [0.4, 0.5) is 5.69 Å². The second-order valence-corrected chi connectivity index (χ2v) is 8.85. The number of anilines is 1. The molecule has 0 radical (unpaired) electrons. The number of aromatic nitrogens is 1. The number of benzene rings is 1. The summed E-state index contributed by atoms with van der Waals surface area (Å²) in [7, 11) is 1.75. The van der Waals surface area contributed by atoms with E-state index in [0.29, 0.717) is 31.3 Å². The molecule has 1 unspecified atom stereocenters. The van der Waals surface area contributed by atoms with E-state index in [-0.39, 0.29) is 41.9 Å². The van der Waals surface area contributed by atoms with E-state index in [4.69, 9.17) is 4.74 Å². The van der Waals surface area contributed by atoms with Gasteiger partial charge in [-0.3, -0.25) is 9.79 Å². The van der Waals surface area contributed by atoms with Crippen LogP contribution in [0.2, 0.25) is 0 Å². The molecule has 8 heteroatoms. The first-order chi connectivity index (χ1) is 15.6. The minimum Gasteiger partial charge on any atom is -0.474 e. The molecule has 0 spiro atoms. The molecule has 1 atom stereocenters. The van der Waals surface area contributed by atoms with Crippen molar-refractivity contribution in [3.63, 3.8) is 0 Å². The van der Waals surface area contributed by atoms with Gasteiger partial charge in [0.05, 0.1) is 0 Å². The van der Waals surface area contributed by atoms with Gasteiger partial charge in [-0.1, -0.05) is 25.1 Å². The summed E-state index contributed by atoms with van der Waals surface area (Å²) in [5, 5.41) is 9.66. The van der Waals surface area contributed by atoms with Crippen molar-refractivity contribution in [2.75, 3.05) is 18.9 Å². The normalized spacial score (nSPS) is 22.4. The largest absolute Gasteiger partial charge is 0.474 e. The zero-order valence-electron chi connectivity index (χ0n) is 19.3. The number of guanidine groups is 1. The van der Waals surface area contributed by atoms with Crippen molar-refractivity contribution in [2.24, 2.45) is 10.9 Å². The molecule has 33 heavy (non-hydrogen) atoms. The number of rotatable bonds is 6. The summed E-state index contributed by atoms with van der Waals surface area (Å²) < 4.78 is 6.13. The average molecular weight is 563 g/mol. The summed E-state index contributed by atoms with van der Waals surface area (Å²) in [6.07, 6.45) is 7.18. The molecule has 0 saturated heterocycles. The van der Waals surface area contributed by atoms with Gasteiger partial charge in [0.25, 0.3) is 0 Å². The van der Waals surface area contributed by atoms with Crippen LogP contribution in [-0.4, -0.2) is 36.5 Å². The molecule has 1 amide bonds. The molecular weight excluding hydrogens is 529 g/mol. The Bertz CT molecular complexity index is 959. The van der Waals surface area contributed by atoms with Crippen LogP contribution in [0.5, 0.6) is 5.88 Å². The van der Waals surface area contributed by atoms with E-state index < -0.39 is 0 Å². The molecule has 1 aromatic carbocycles. The molecule has 2 aromatic rings. The number of ether oxygens (including phenoxy) is 1. The van der Waals surface area contributed by atoms with Crippen molar-refractivity contribution in [2.45, 2.75) is 57.6 Å². The van der Waals surface area contributed by atoms with Gasteiger partial charge in [0.2, 0.25) is 11.8 Å². The molecular formula is C25H34IN5O2. The topological polar surface area (TPSA) is 87.6 Å². The van der Waals surface area contributed by atoms with E-state index in [1.807, 2.05) is 30.3 Å². The second kappa shape index (κ2) is 12.2. The molecule has 3 N–H and O–H groups in total. The van der Waals surface area contributed by atoms with E-state index in [0.717, 1.165) is 35.6 Å². The standard InChI is InChI=1S/C25H33N5O2.HI/c1-17-7-9-20(10-8-17)32-24-13-18(11-12-27-24)15-28-25(26-2)29-16-19-14-23(31)30-22-6-4-3-5-21(19)22;/h3-6,11-13,17,19-20H,7-10,14-16H2,1-2H3,(H,30,31)(H2,26,28,29);1H. The fourth-order valence-electron chi connectivity index (χ4n) is 4.45. The van der Waals surface area contributed by atoms with E-state index in [2.05, 4.69) is 38.9 Å². The zero-order valence-corrected chi connectivity index (χ0v) is 21.7. The van der Waals surface area contributed by atoms with Gasteiger partial charge in [-0.25, -0.2) is 4.98 Å². The number of hydrogen-bond acceptors (Lipinski definition) is 4. The molecule has 4 rings (SSSR count). The highest BCUT2D eigenvalue weighted by atomic mass is 127. The van der Waals surface area contributed by atoms with Crippen LogP contribution < -0.4 is 20.7 Å². The number of nitrogens with zero attached hydrogens (tertiary/aromatic N) is 2. The Morgan fingerprint density at radius 2 is 1.97 bits per heavy atom. The molecule has 1 aliphatic carbocycles. The maximum absolute atomic E-state index is 12.0. The smallest absolute Gasteiger partial charge is 0.225 e. The van der Waals surface area contributed by atoms with Crippen LogP contribution in [0.3, 0.4) is 0 Å². The second-order valence-electron chi connectivity index (χ2n) is 8.85. The molecule has 1 aliphatic heterocycles. The SMILES string of the molecule is CN=C(NCc1ccnc(OC2CCC(C)CC2)c1)NCC1CC(=O)Nc2ccccc21.I. The summed E-state index contributed by atoms with van der Waals surface area (Å²) in [6.45, 7) is 3.56. The lowest BCUT2D eigenvalue weighted by Gasteiger charge is -2.26. The van der Waals surface area contributed by atoms with E-state index in [9.17, 15) is 4.79 Å². The molecule has 0 bridgehead atoms. The first-order valence-electron chi connectivity index (χ1n) is 11.6. The number of para-hydroxylation sites is 1. The Balaban J connectivity index is 0.00000306. The third-order valence-corrected chi connectivity index (χ3v) is 6.36. The number of halogens is 1. The fraction of sp³-hybridized carbons (Fsp3) is 0.480. The Kier molecular flexibility index (Phi) is 9.34. The van der Waals surface area contributed by atoms with Gasteiger partial charge < -0.3 is 20.7 Å². The zero-order chi connectivity index (χ0) is 22.3. The predicted molar refractivity (Wildman–Crippen MR) is 142 cm³/mol. The summed E-state index contributed by atoms with van der Waals surface area (Å²) in [4.78, 5) is 20.8. The summed E-state index contributed by atoms with van der Waals surface area (Å²) in [5.41, 5.74) is 3.14. The average Bonchev–Trinajstić information content (AvgIpc) is 2.81. The molecule has 1 aromatic heterocycles. The lowest BCUT2D eigenvalue weighted by atomic mass is 9.89. The monoisotopic (exact) mass is 563 g/mol. The number of aliphatic imine (C=N–C) groups is 1. The van der Waals surface area contributed by atoms with Crippen molar-refractivity contribution in [3.05, 3.63) is 53.7 Å². The minimum absolute atomic E-state index is 0. The number of hydrogen-bond donors (Lipinski definition) is 3. The first kappa shape index (κ1) is 25.3. The molecule has 178 valence electrons. The summed E-state index contributed by atoms with van der Waals surface area (Å²) in [5.74, 6) is 2.35. The number of fused-ring (bicyclic) bond motifs is 1. The third kappa shape index (κ3) is 7.06. The van der Waals surface area contributed by atoms with Gasteiger partial charge in [0.15, 0.2) is 5.96 Å². The van der Waals surface area contributed by atoms with Crippen LogP contribution in [0, 0.1) is 5.92 Å². The molecule has 1 fully saturated rings. The number of carbonyl (C=O) groups excluding carboxylic acids is 1. The summed E-state index contributed by atoms with van der Waals surface area (Å²) >= 11 is 0. The van der Waals surface area contributed by atoms with Gasteiger partial charge in [0, 0.05) is 50.4 Å². The van der Waals surface area contributed by atoms with E-state index in [1.165, 1.54) is 12.8 Å². The highest BCUT2D eigenvalue weighted by Gasteiger charge is 2.25. The lowest BCUT2D eigenvalue weighted by molar-refractivity contribution is -0.116. The van der Waals surface area contributed by atoms with Gasteiger partial charge in [-0.15, -0.1) is 24.0 Å². The maximum Gasteiger partial charge on any atom is 0.225 e. The van der Waals surface area contributed by atoms with Crippen LogP contribution in [0.15, 0.2) is 47.6 Å². The number of carbonyl (C=O) groups is 1. The quantitative estimate of drug-likeness (QED) is 0.275. The number of nitrogens with one attached hydrogen (secondary N) is 3. The highest BCUT2D eigenvalue weighted by molar-refractivity contribution is 14.0. The minimum atomic E-state index is 0. The van der Waals surface area contributed by atoms with Crippen molar-refractivity contribution in [1.82, 2.24) is 15.6 Å². The van der Waals surface area contributed by atoms with Crippen LogP contribution in [-0.2, 0) is 11.3 Å². The molecule has 2 heterocycles. The first-order valence-corrected chi connectivity index (χ1v) is 11.6. The molecule has 2 aliphatic rings. The highest BCUT2D eigenvalue weighted by Crippen LogP contribution is 2.31. The molecule has 7 nitrogen and oxygen atoms in total. The van der Waals surface area contributed by atoms with Crippen molar-refractivity contribution >= 4 is 41.5 Å². The van der Waals surface area contributed by atoms with Crippen LogP contribution in [0.25, 0.3) is 0 Å². The Hall–Kier alpha value is -2.36. The third-order valence-electron chi connectivity index (χ3n) is 6.36. The van der Waals surface area contributed by atoms with Gasteiger partial charge in [-0.2, -0.15) is 0 Å². The van der Waals surface area contributed by atoms with Crippen LogP contribution >= 0.6 is 24.0 Å². The maximum atomic E-state index is 12.0. The predicted octanol–water partition coefficient (Wildman–Crippen LogP) is 4.45. The number of amides is 1.